The average Bonchev–Trinajstić information content (AvgIpc) is 2.84. The first-order chi connectivity index (χ1) is 10.0. The van der Waals surface area contributed by atoms with Gasteiger partial charge in [0.05, 0.1) is 24.1 Å². The molecule has 1 N–H and O–H groups in total. The quantitative estimate of drug-likeness (QED) is 0.696. The molecule has 21 heavy (non-hydrogen) atoms. The zero-order valence-corrected chi connectivity index (χ0v) is 11.5. The van der Waals surface area contributed by atoms with E-state index in [2.05, 4.69) is 9.72 Å². The normalized spacial score (nSPS) is 10.5. The summed E-state index contributed by atoms with van der Waals surface area (Å²) in [6.07, 6.45) is 0.845. The molecule has 0 spiro atoms. The number of ether oxygens (including phenoxy) is 1. The number of carbonyl (C=O) groups excluding carboxylic acids is 2. The Balaban J connectivity index is 2.72. The van der Waals surface area contributed by atoms with Gasteiger partial charge in [0, 0.05) is 11.6 Å². The molecule has 1 aromatic heterocycles. The number of methoxy groups -OCH3 is 1. The third-order valence-corrected chi connectivity index (χ3v) is 3.19. The van der Waals surface area contributed by atoms with Gasteiger partial charge in [0.25, 0.3) is 0 Å². The van der Waals surface area contributed by atoms with Crippen LogP contribution in [0.5, 0.6) is 0 Å². The van der Waals surface area contributed by atoms with Gasteiger partial charge in [0.15, 0.2) is 6.29 Å². The second-order valence-corrected chi connectivity index (χ2v) is 4.35. The summed E-state index contributed by atoms with van der Waals surface area (Å²) in [7, 11) is 1.20. The predicted molar refractivity (Wildman–Crippen MR) is 72.2 cm³/mol. The van der Waals surface area contributed by atoms with E-state index in [1.807, 2.05) is 0 Å². The number of hydrogen-bond acceptors (Lipinski definition) is 3. The number of benzene rings is 1. The Labute approximate surface area is 119 Å². The molecule has 0 aliphatic heterocycles. The Hall–Kier alpha value is -2.50. The molecule has 110 valence electrons. The third kappa shape index (κ3) is 2.56. The van der Waals surface area contributed by atoms with Crippen LogP contribution in [0, 0.1) is 11.6 Å². The van der Waals surface area contributed by atoms with Crippen molar-refractivity contribution < 1.29 is 23.1 Å². The molecule has 2 rings (SSSR count). The smallest absolute Gasteiger partial charge is 0.340 e. The summed E-state index contributed by atoms with van der Waals surface area (Å²) in [5.74, 6) is -2.16. The van der Waals surface area contributed by atoms with Crippen molar-refractivity contribution in [2.45, 2.75) is 13.3 Å². The van der Waals surface area contributed by atoms with Gasteiger partial charge in [-0.15, -0.1) is 0 Å². The minimum Gasteiger partial charge on any atom is -0.465 e. The second-order valence-electron chi connectivity index (χ2n) is 4.35. The maximum absolute atomic E-state index is 13.9. The molecule has 1 aromatic carbocycles. The molecular formula is C15H13F2NO3. The third-order valence-electron chi connectivity index (χ3n) is 3.19. The topological polar surface area (TPSA) is 59.2 Å². The molecule has 0 saturated carbocycles. The number of halogens is 2. The first kappa shape index (κ1) is 14.9. The van der Waals surface area contributed by atoms with Gasteiger partial charge in [0.2, 0.25) is 0 Å². The van der Waals surface area contributed by atoms with Gasteiger partial charge in [-0.3, -0.25) is 4.79 Å². The SMILES string of the molecule is CCc1c(-c2ccc(F)cc2F)[nH]c(C=O)c1C(=O)OC. The van der Waals surface area contributed by atoms with Crippen LogP contribution in [0.1, 0.15) is 33.3 Å². The lowest BCUT2D eigenvalue weighted by molar-refractivity contribution is 0.0597. The minimum atomic E-state index is -0.778. The molecule has 2 aromatic rings. The number of aromatic nitrogens is 1. The van der Waals surface area contributed by atoms with Crippen LogP contribution >= 0.6 is 0 Å². The van der Waals surface area contributed by atoms with Crippen molar-refractivity contribution in [2.24, 2.45) is 0 Å². The molecule has 4 nitrogen and oxygen atoms in total. The van der Waals surface area contributed by atoms with Crippen molar-refractivity contribution in [2.75, 3.05) is 7.11 Å². The molecule has 0 unspecified atom stereocenters. The summed E-state index contributed by atoms with van der Waals surface area (Å²) in [6.45, 7) is 1.76. The molecule has 0 atom stereocenters. The summed E-state index contributed by atoms with van der Waals surface area (Å²) < 4.78 is 31.6. The fraction of sp³-hybridized carbons (Fsp3) is 0.200. The number of hydrogen-bond donors (Lipinski definition) is 1. The van der Waals surface area contributed by atoms with E-state index >= 15 is 0 Å². The molecule has 0 amide bonds. The van der Waals surface area contributed by atoms with Gasteiger partial charge >= 0.3 is 5.97 Å². The molecule has 0 fully saturated rings. The number of H-pyrrole nitrogens is 1. The summed E-state index contributed by atoms with van der Waals surface area (Å²) in [5.41, 5.74) is 0.907. The van der Waals surface area contributed by atoms with E-state index in [1.54, 1.807) is 6.92 Å². The Morgan fingerprint density at radius 3 is 2.62 bits per heavy atom. The van der Waals surface area contributed by atoms with Crippen LogP contribution in [0.4, 0.5) is 8.78 Å². The minimum absolute atomic E-state index is 0.0115. The molecule has 0 bridgehead atoms. The van der Waals surface area contributed by atoms with Crippen molar-refractivity contribution in [1.29, 1.82) is 0 Å². The van der Waals surface area contributed by atoms with Crippen LogP contribution in [0.3, 0.4) is 0 Å². The Morgan fingerprint density at radius 1 is 1.38 bits per heavy atom. The number of aromatic amines is 1. The Morgan fingerprint density at radius 2 is 2.10 bits per heavy atom. The average molecular weight is 293 g/mol. The highest BCUT2D eigenvalue weighted by molar-refractivity contribution is 6.01. The lowest BCUT2D eigenvalue weighted by atomic mass is 10.0. The van der Waals surface area contributed by atoms with E-state index in [9.17, 15) is 18.4 Å². The summed E-state index contributed by atoms with van der Waals surface area (Å²) >= 11 is 0. The highest BCUT2D eigenvalue weighted by Crippen LogP contribution is 2.31. The van der Waals surface area contributed by atoms with E-state index < -0.39 is 17.6 Å². The second kappa shape index (κ2) is 5.87. The van der Waals surface area contributed by atoms with Crippen molar-refractivity contribution in [3.63, 3.8) is 0 Å². The highest BCUT2D eigenvalue weighted by Gasteiger charge is 2.24. The lowest BCUT2D eigenvalue weighted by Crippen LogP contribution is -2.06. The van der Waals surface area contributed by atoms with Gasteiger partial charge in [0.1, 0.15) is 11.6 Å². The monoisotopic (exact) mass is 293 g/mol. The molecule has 6 heteroatoms. The van der Waals surface area contributed by atoms with Gasteiger partial charge in [-0.1, -0.05) is 6.92 Å². The summed E-state index contributed by atoms with van der Waals surface area (Å²) in [6, 6.07) is 3.11. The maximum atomic E-state index is 13.9. The van der Waals surface area contributed by atoms with Crippen LogP contribution < -0.4 is 0 Å². The van der Waals surface area contributed by atoms with Crippen LogP contribution in [0.15, 0.2) is 18.2 Å². The van der Waals surface area contributed by atoms with Crippen molar-refractivity contribution >= 4 is 12.3 Å². The van der Waals surface area contributed by atoms with Crippen molar-refractivity contribution in [1.82, 2.24) is 4.98 Å². The van der Waals surface area contributed by atoms with Crippen LogP contribution in [-0.4, -0.2) is 24.3 Å². The van der Waals surface area contributed by atoms with Gasteiger partial charge in [-0.25, -0.2) is 13.6 Å². The van der Waals surface area contributed by atoms with Crippen molar-refractivity contribution in [3.8, 4) is 11.3 Å². The lowest BCUT2D eigenvalue weighted by Gasteiger charge is -2.05. The number of nitrogens with one attached hydrogen (secondary N) is 1. The van der Waals surface area contributed by atoms with E-state index in [-0.39, 0.29) is 22.5 Å². The van der Waals surface area contributed by atoms with E-state index in [1.165, 1.54) is 13.2 Å². The first-order valence-electron chi connectivity index (χ1n) is 6.27. The molecule has 0 radical (unpaired) electrons. The van der Waals surface area contributed by atoms with Gasteiger partial charge in [-0.2, -0.15) is 0 Å². The maximum Gasteiger partial charge on any atom is 0.340 e. The standard InChI is InChI=1S/C15H13F2NO3/c1-3-9-13(15(20)21-2)12(7-19)18-14(9)10-5-4-8(16)6-11(10)17/h4-7,18H,3H2,1-2H3. The van der Waals surface area contributed by atoms with E-state index in [0.717, 1.165) is 12.1 Å². The van der Waals surface area contributed by atoms with Crippen LogP contribution in [0.25, 0.3) is 11.3 Å². The zero-order chi connectivity index (χ0) is 15.6. The molecule has 0 aliphatic rings. The van der Waals surface area contributed by atoms with Crippen LogP contribution in [-0.2, 0) is 11.2 Å². The van der Waals surface area contributed by atoms with Gasteiger partial charge in [-0.05, 0) is 24.1 Å². The van der Waals surface area contributed by atoms with Crippen molar-refractivity contribution in [3.05, 3.63) is 46.7 Å². The first-order valence-corrected chi connectivity index (χ1v) is 6.27. The van der Waals surface area contributed by atoms with Crippen LogP contribution in [0.2, 0.25) is 0 Å². The molecular weight excluding hydrogens is 280 g/mol. The Kier molecular flexibility index (Phi) is 4.16. The predicted octanol–water partition coefficient (Wildman–Crippen LogP) is 3.12. The zero-order valence-electron chi connectivity index (χ0n) is 11.5. The molecule has 1 heterocycles. The molecule has 0 saturated heterocycles. The fourth-order valence-corrected chi connectivity index (χ4v) is 2.26. The Bertz CT molecular complexity index is 707. The highest BCUT2D eigenvalue weighted by atomic mass is 19.1. The van der Waals surface area contributed by atoms with E-state index in [0.29, 0.717) is 18.3 Å². The summed E-state index contributed by atoms with van der Waals surface area (Å²) in [4.78, 5) is 25.6. The number of rotatable bonds is 4. The number of esters is 1. The molecule has 0 aliphatic carbocycles. The van der Waals surface area contributed by atoms with E-state index in [4.69, 9.17) is 0 Å². The summed E-state index contributed by atoms with van der Waals surface area (Å²) in [5, 5.41) is 0. The number of carbonyl (C=O) groups is 2. The van der Waals surface area contributed by atoms with Gasteiger partial charge < -0.3 is 9.72 Å². The number of aldehydes is 1. The fourth-order valence-electron chi connectivity index (χ4n) is 2.26. The largest absolute Gasteiger partial charge is 0.465 e.